The first kappa shape index (κ1) is 13.6. The van der Waals surface area contributed by atoms with Gasteiger partial charge in [0.1, 0.15) is 0 Å². The number of hydrogen-bond acceptors (Lipinski definition) is 1. The van der Waals surface area contributed by atoms with Gasteiger partial charge in [-0.1, -0.05) is 19.8 Å². The summed E-state index contributed by atoms with van der Waals surface area (Å²) in [6, 6.07) is 0. The maximum absolute atomic E-state index is 12.3. The minimum atomic E-state index is -5.57. The van der Waals surface area contributed by atoms with E-state index in [2.05, 4.69) is 0 Å². The normalized spacial score (nSPS) is 15.6. The van der Waals surface area contributed by atoms with Crippen molar-refractivity contribution < 1.29 is 27.1 Å². The van der Waals surface area contributed by atoms with Crippen LogP contribution in [-0.2, 0) is 0 Å². The predicted molar refractivity (Wildman–Crippen MR) is 41.2 cm³/mol. The van der Waals surface area contributed by atoms with Gasteiger partial charge in [0.2, 0.25) is 0 Å². The lowest BCUT2D eigenvalue weighted by Gasteiger charge is -2.22. The van der Waals surface area contributed by atoms with Gasteiger partial charge in [0.05, 0.1) is 6.10 Å². The van der Waals surface area contributed by atoms with Gasteiger partial charge in [-0.3, -0.25) is 0 Å². The molecule has 0 bridgehead atoms. The molecule has 6 heteroatoms. The van der Waals surface area contributed by atoms with Gasteiger partial charge < -0.3 is 5.11 Å². The van der Waals surface area contributed by atoms with Crippen molar-refractivity contribution in [1.29, 1.82) is 0 Å². The number of aliphatic hydroxyl groups excluding tert-OH is 1. The zero-order valence-corrected chi connectivity index (χ0v) is 7.74. The molecular formula is C8H13F5O. The first-order chi connectivity index (χ1) is 6.20. The topological polar surface area (TPSA) is 20.2 Å². The van der Waals surface area contributed by atoms with Crippen molar-refractivity contribution in [3.63, 3.8) is 0 Å². The molecule has 0 spiro atoms. The summed E-state index contributed by atoms with van der Waals surface area (Å²) in [6.07, 6.45) is -7.64. The Morgan fingerprint density at radius 2 is 1.64 bits per heavy atom. The summed E-state index contributed by atoms with van der Waals surface area (Å²) in [5.41, 5.74) is 0. The van der Waals surface area contributed by atoms with E-state index in [0.717, 1.165) is 0 Å². The minimum absolute atomic E-state index is 0.0256. The fraction of sp³-hybridized carbons (Fsp3) is 1.00. The molecule has 0 amide bonds. The third-order valence-corrected chi connectivity index (χ3v) is 1.80. The molecule has 0 saturated carbocycles. The lowest BCUT2D eigenvalue weighted by atomic mass is 10.1. The quantitative estimate of drug-likeness (QED) is 0.706. The molecule has 14 heavy (non-hydrogen) atoms. The van der Waals surface area contributed by atoms with Gasteiger partial charge in [-0.2, -0.15) is 22.0 Å². The summed E-state index contributed by atoms with van der Waals surface area (Å²) >= 11 is 0. The maximum atomic E-state index is 12.3. The van der Waals surface area contributed by atoms with E-state index >= 15 is 0 Å². The molecule has 0 aliphatic heterocycles. The van der Waals surface area contributed by atoms with Crippen LogP contribution in [0.15, 0.2) is 0 Å². The molecule has 1 atom stereocenters. The zero-order chi connectivity index (χ0) is 11.4. The van der Waals surface area contributed by atoms with Gasteiger partial charge in [-0.25, -0.2) is 0 Å². The van der Waals surface area contributed by atoms with Gasteiger partial charge in [-0.15, -0.1) is 0 Å². The van der Waals surface area contributed by atoms with Crippen LogP contribution >= 0.6 is 0 Å². The fourth-order valence-electron chi connectivity index (χ4n) is 0.953. The summed E-state index contributed by atoms with van der Waals surface area (Å²) in [5.74, 6) is -4.79. The van der Waals surface area contributed by atoms with E-state index in [4.69, 9.17) is 5.11 Å². The van der Waals surface area contributed by atoms with Crippen LogP contribution in [0.4, 0.5) is 22.0 Å². The minimum Gasteiger partial charge on any atom is -0.393 e. The van der Waals surface area contributed by atoms with Crippen molar-refractivity contribution in [3.8, 4) is 0 Å². The standard InChI is InChI=1S/C8H13F5O/c1-2-3-4-6(14)5-7(9,10)8(11,12)13/h6,14H,2-5H2,1H3. The molecule has 0 fully saturated rings. The summed E-state index contributed by atoms with van der Waals surface area (Å²) in [7, 11) is 0. The highest BCUT2D eigenvalue weighted by Crippen LogP contribution is 2.39. The van der Waals surface area contributed by atoms with Crippen molar-refractivity contribution >= 4 is 0 Å². The van der Waals surface area contributed by atoms with Gasteiger partial charge in [0, 0.05) is 6.42 Å². The van der Waals surface area contributed by atoms with E-state index in [1.165, 1.54) is 0 Å². The second-order valence-electron chi connectivity index (χ2n) is 3.20. The Morgan fingerprint density at radius 3 is 2.00 bits per heavy atom. The first-order valence-electron chi connectivity index (χ1n) is 4.33. The molecule has 0 aromatic rings. The molecule has 0 aromatic heterocycles. The smallest absolute Gasteiger partial charge is 0.393 e. The molecule has 0 aromatic carbocycles. The average Bonchev–Trinajstić information content (AvgIpc) is 1.97. The molecule has 1 nitrogen and oxygen atoms in total. The summed E-state index contributed by atoms with van der Waals surface area (Å²) in [4.78, 5) is 0. The van der Waals surface area contributed by atoms with Crippen molar-refractivity contribution in [2.24, 2.45) is 0 Å². The Bertz CT molecular complexity index is 166. The fourth-order valence-corrected chi connectivity index (χ4v) is 0.953. The summed E-state index contributed by atoms with van der Waals surface area (Å²) < 4.78 is 59.6. The molecule has 0 saturated heterocycles. The van der Waals surface area contributed by atoms with Crippen LogP contribution in [0.5, 0.6) is 0 Å². The molecule has 1 N–H and O–H groups in total. The number of unbranched alkanes of at least 4 members (excludes halogenated alkanes) is 1. The van der Waals surface area contributed by atoms with Crippen molar-refractivity contribution in [2.75, 3.05) is 0 Å². The Morgan fingerprint density at radius 1 is 1.14 bits per heavy atom. The predicted octanol–water partition coefficient (Wildman–Crippen LogP) is 3.13. The highest BCUT2D eigenvalue weighted by molar-refractivity contribution is 4.78. The van der Waals surface area contributed by atoms with E-state index in [0.29, 0.717) is 12.8 Å². The van der Waals surface area contributed by atoms with Gasteiger partial charge >= 0.3 is 12.1 Å². The maximum Gasteiger partial charge on any atom is 0.453 e. The van der Waals surface area contributed by atoms with Crippen LogP contribution in [0.1, 0.15) is 32.6 Å². The van der Waals surface area contributed by atoms with E-state index in [-0.39, 0.29) is 6.42 Å². The zero-order valence-electron chi connectivity index (χ0n) is 7.74. The highest BCUT2D eigenvalue weighted by atomic mass is 19.4. The number of halogens is 5. The Kier molecular flexibility index (Phi) is 4.77. The van der Waals surface area contributed by atoms with E-state index in [1.807, 2.05) is 0 Å². The van der Waals surface area contributed by atoms with E-state index < -0.39 is 24.6 Å². The summed E-state index contributed by atoms with van der Waals surface area (Å²) in [5, 5.41) is 8.90. The average molecular weight is 220 g/mol. The van der Waals surface area contributed by atoms with Crippen molar-refractivity contribution in [2.45, 2.75) is 50.8 Å². The Labute approximate surface area is 78.9 Å². The number of aliphatic hydroxyl groups is 1. The third-order valence-electron chi connectivity index (χ3n) is 1.80. The Balaban J connectivity index is 4.08. The molecule has 0 heterocycles. The van der Waals surface area contributed by atoms with Crippen LogP contribution < -0.4 is 0 Å². The first-order valence-corrected chi connectivity index (χ1v) is 4.33. The van der Waals surface area contributed by atoms with Crippen molar-refractivity contribution in [3.05, 3.63) is 0 Å². The third kappa shape index (κ3) is 4.21. The van der Waals surface area contributed by atoms with Crippen LogP contribution in [0, 0.1) is 0 Å². The molecule has 0 aliphatic rings. The van der Waals surface area contributed by atoms with Crippen LogP contribution in [0.2, 0.25) is 0 Å². The number of rotatable bonds is 5. The molecule has 0 radical (unpaired) electrons. The van der Waals surface area contributed by atoms with Gasteiger partial charge in [0.15, 0.2) is 0 Å². The Hall–Kier alpha value is -0.390. The lowest BCUT2D eigenvalue weighted by Crippen LogP contribution is -2.39. The van der Waals surface area contributed by atoms with Gasteiger partial charge in [-0.05, 0) is 6.42 Å². The monoisotopic (exact) mass is 220 g/mol. The largest absolute Gasteiger partial charge is 0.453 e. The second-order valence-corrected chi connectivity index (χ2v) is 3.20. The molecule has 86 valence electrons. The highest BCUT2D eigenvalue weighted by Gasteiger charge is 2.57. The van der Waals surface area contributed by atoms with Gasteiger partial charge in [0.25, 0.3) is 0 Å². The number of hydrogen-bond donors (Lipinski definition) is 1. The SMILES string of the molecule is CCCCC(O)CC(F)(F)C(F)(F)F. The molecule has 0 rings (SSSR count). The molecule has 1 unspecified atom stereocenters. The molecular weight excluding hydrogens is 207 g/mol. The van der Waals surface area contributed by atoms with Crippen LogP contribution in [0.25, 0.3) is 0 Å². The van der Waals surface area contributed by atoms with E-state index in [9.17, 15) is 22.0 Å². The number of alkyl halides is 5. The van der Waals surface area contributed by atoms with Crippen LogP contribution in [0.3, 0.4) is 0 Å². The van der Waals surface area contributed by atoms with E-state index in [1.54, 1.807) is 6.92 Å². The summed E-state index contributed by atoms with van der Waals surface area (Å²) in [6.45, 7) is 1.76. The molecule has 0 aliphatic carbocycles. The van der Waals surface area contributed by atoms with Crippen LogP contribution in [-0.4, -0.2) is 23.3 Å². The second kappa shape index (κ2) is 4.91. The lowest BCUT2D eigenvalue weighted by molar-refractivity contribution is -0.290. The van der Waals surface area contributed by atoms with Crippen molar-refractivity contribution in [1.82, 2.24) is 0 Å².